The molecule has 0 radical (unpaired) electrons. The number of rotatable bonds is 7. The summed E-state index contributed by atoms with van der Waals surface area (Å²) in [6.07, 6.45) is 2.59. The van der Waals surface area contributed by atoms with E-state index in [1.165, 1.54) is 6.07 Å². The largest absolute Gasteiger partial charge is 0.382 e. The van der Waals surface area contributed by atoms with Crippen molar-refractivity contribution in [1.29, 1.82) is 0 Å². The lowest BCUT2D eigenvalue weighted by Gasteiger charge is -2.03. The highest BCUT2D eigenvalue weighted by molar-refractivity contribution is 5.92. The maximum atomic E-state index is 11.4. The van der Waals surface area contributed by atoms with Crippen LogP contribution in [0.3, 0.4) is 0 Å². The van der Waals surface area contributed by atoms with Gasteiger partial charge in [-0.1, -0.05) is 6.08 Å². The summed E-state index contributed by atoms with van der Waals surface area (Å²) in [5, 5.41) is 8.85. The van der Waals surface area contributed by atoms with Gasteiger partial charge in [0.05, 0.1) is 13.2 Å². The van der Waals surface area contributed by atoms with Crippen molar-refractivity contribution in [3.05, 3.63) is 24.4 Å². The Morgan fingerprint density at radius 1 is 1.69 bits per heavy atom. The van der Waals surface area contributed by atoms with Crippen LogP contribution in [0.15, 0.2) is 18.7 Å². The molecule has 0 saturated carbocycles. The Balaban J connectivity index is 2.13. The fourth-order valence-corrected chi connectivity index (χ4v) is 1.05. The number of hydrogen-bond acceptors (Lipinski definition) is 4. The van der Waals surface area contributed by atoms with E-state index in [1.807, 2.05) is 0 Å². The molecule has 88 valence electrons. The van der Waals surface area contributed by atoms with Crippen molar-refractivity contribution in [1.82, 2.24) is 15.5 Å². The number of nitrogens with one attached hydrogen (secondary N) is 2. The molecule has 4 N–H and O–H groups in total. The monoisotopic (exact) mass is 224 g/mol. The number of aromatic nitrogens is 2. The van der Waals surface area contributed by atoms with Crippen molar-refractivity contribution in [2.75, 3.05) is 25.5 Å². The maximum Gasteiger partial charge on any atom is 0.269 e. The number of ether oxygens (including phenoxy) is 1. The van der Waals surface area contributed by atoms with Gasteiger partial charge in [-0.05, 0) is 6.42 Å². The topological polar surface area (TPSA) is 93.0 Å². The van der Waals surface area contributed by atoms with E-state index in [0.717, 1.165) is 6.42 Å². The van der Waals surface area contributed by atoms with Gasteiger partial charge in [0.25, 0.3) is 5.91 Å². The van der Waals surface area contributed by atoms with Crippen molar-refractivity contribution in [2.45, 2.75) is 6.42 Å². The molecule has 1 aromatic rings. The van der Waals surface area contributed by atoms with E-state index in [1.54, 1.807) is 6.08 Å². The van der Waals surface area contributed by atoms with E-state index in [-0.39, 0.29) is 5.91 Å². The van der Waals surface area contributed by atoms with Gasteiger partial charge in [-0.2, -0.15) is 5.10 Å². The lowest BCUT2D eigenvalue weighted by Crippen LogP contribution is -2.27. The second-order valence-electron chi connectivity index (χ2n) is 3.15. The first-order chi connectivity index (χ1) is 7.74. The van der Waals surface area contributed by atoms with Crippen molar-refractivity contribution in [3.63, 3.8) is 0 Å². The third-order valence-electron chi connectivity index (χ3n) is 1.84. The zero-order chi connectivity index (χ0) is 11.8. The van der Waals surface area contributed by atoms with Gasteiger partial charge in [-0.3, -0.25) is 9.89 Å². The van der Waals surface area contributed by atoms with Crippen LogP contribution in [0.1, 0.15) is 16.9 Å². The Bertz CT molecular complexity index is 348. The van der Waals surface area contributed by atoms with Crippen LogP contribution in [-0.2, 0) is 4.74 Å². The Morgan fingerprint density at radius 2 is 2.50 bits per heavy atom. The van der Waals surface area contributed by atoms with Crippen LogP contribution in [-0.4, -0.2) is 35.9 Å². The molecule has 0 saturated heterocycles. The Morgan fingerprint density at radius 3 is 3.12 bits per heavy atom. The van der Waals surface area contributed by atoms with E-state index in [4.69, 9.17) is 10.5 Å². The molecule has 1 aromatic heterocycles. The Hall–Kier alpha value is -1.82. The van der Waals surface area contributed by atoms with E-state index in [9.17, 15) is 4.79 Å². The summed E-state index contributed by atoms with van der Waals surface area (Å²) in [7, 11) is 0. The smallest absolute Gasteiger partial charge is 0.269 e. The van der Waals surface area contributed by atoms with Crippen LogP contribution in [0.5, 0.6) is 0 Å². The standard InChI is InChI=1S/C10H16N4O2/c1-2-3-5-16-6-4-12-10(15)8-7-9(11)14-13-8/h2,7H,1,3-6H2,(H,12,15)(H3,11,13,14). The first kappa shape index (κ1) is 12.3. The predicted molar refractivity (Wildman–Crippen MR) is 61.0 cm³/mol. The number of carbonyl (C=O) groups is 1. The molecular weight excluding hydrogens is 208 g/mol. The van der Waals surface area contributed by atoms with Crippen molar-refractivity contribution in [2.24, 2.45) is 0 Å². The third-order valence-corrected chi connectivity index (χ3v) is 1.84. The summed E-state index contributed by atoms with van der Waals surface area (Å²) in [4.78, 5) is 11.4. The average Bonchev–Trinajstić information content (AvgIpc) is 2.70. The molecule has 0 aliphatic rings. The summed E-state index contributed by atoms with van der Waals surface area (Å²) < 4.78 is 5.23. The molecule has 0 atom stereocenters. The minimum atomic E-state index is -0.239. The number of nitrogens with zero attached hydrogens (tertiary/aromatic N) is 1. The van der Waals surface area contributed by atoms with Crippen LogP contribution < -0.4 is 11.1 Å². The molecule has 0 bridgehead atoms. The molecule has 0 unspecified atom stereocenters. The third kappa shape index (κ3) is 4.14. The van der Waals surface area contributed by atoms with Crippen molar-refractivity contribution >= 4 is 11.7 Å². The first-order valence-electron chi connectivity index (χ1n) is 5.01. The summed E-state index contributed by atoms with van der Waals surface area (Å²) in [6, 6.07) is 1.48. The van der Waals surface area contributed by atoms with Gasteiger partial charge in [-0.15, -0.1) is 6.58 Å². The fourth-order valence-electron chi connectivity index (χ4n) is 1.05. The lowest BCUT2D eigenvalue weighted by atomic mass is 10.4. The van der Waals surface area contributed by atoms with Crippen LogP contribution >= 0.6 is 0 Å². The minimum absolute atomic E-state index is 0.239. The second kappa shape index (κ2) is 6.62. The van der Waals surface area contributed by atoms with E-state index in [2.05, 4.69) is 22.1 Å². The lowest BCUT2D eigenvalue weighted by molar-refractivity contribution is 0.0913. The maximum absolute atomic E-state index is 11.4. The van der Waals surface area contributed by atoms with E-state index >= 15 is 0 Å². The summed E-state index contributed by atoms with van der Waals surface area (Å²) in [5.41, 5.74) is 5.72. The van der Waals surface area contributed by atoms with Gasteiger partial charge in [0.1, 0.15) is 11.5 Å². The summed E-state index contributed by atoms with van der Waals surface area (Å²) in [5.74, 6) is 0.0592. The zero-order valence-corrected chi connectivity index (χ0v) is 9.03. The van der Waals surface area contributed by atoms with Gasteiger partial charge in [0, 0.05) is 12.6 Å². The van der Waals surface area contributed by atoms with Crippen molar-refractivity contribution in [3.8, 4) is 0 Å². The van der Waals surface area contributed by atoms with Crippen LogP contribution in [0, 0.1) is 0 Å². The van der Waals surface area contributed by atoms with Crippen LogP contribution in [0.4, 0.5) is 5.82 Å². The van der Waals surface area contributed by atoms with E-state index < -0.39 is 0 Å². The van der Waals surface area contributed by atoms with Crippen molar-refractivity contribution < 1.29 is 9.53 Å². The van der Waals surface area contributed by atoms with Gasteiger partial charge in [-0.25, -0.2) is 0 Å². The highest BCUT2D eigenvalue weighted by Crippen LogP contribution is 1.99. The molecule has 0 aliphatic carbocycles. The summed E-state index contributed by atoms with van der Waals surface area (Å²) in [6.45, 7) is 5.13. The SMILES string of the molecule is C=CCCOCCNC(=O)c1cc(N)n[nH]1. The van der Waals surface area contributed by atoms with Gasteiger partial charge in [0.2, 0.25) is 0 Å². The van der Waals surface area contributed by atoms with Gasteiger partial charge < -0.3 is 15.8 Å². The summed E-state index contributed by atoms with van der Waals surface area (Å²) >= 11 is 0. The van der Waals surface area contributed by atoms with Crippen LogP contribution in [0.2, 0.25) is 0 Å². The number of nitrogen functional groups attached to an aromatic ring is 1. The number of hydrogen-bond donors (Lipinski definition) is 3. The highest BCUT2D eigenvalue weighted by Gasteiger charge is 2.07. The predicted octanol–water partition coefficient (Wildman–Crippen LogP) is 0.314. The average molecular weight is 224 g/mol. The van der Waals surface area contributed by atoms with Gasteiger partial charge >= 0.3 is 0 Å². The minimum Gasteiger partial charge on any atom is -0.382 e. The molecule has 0 fully saturated rings. The number of anilines is 1. The number of H-pyrrole nitrogens is 1. The molecule has 6 heteroatoms. The molecule has 1 heterocycles. The number of nitrogens with two attached hydrogens (primary N) is 1. The number of amides is 1. The highest BCUT2D eigenvalue weighted by atomic mass is 16.5. The first-order valence-corrected chi connectivity index (χ1v) is 5.01. The molecular formula is C10H16N4O2. The number of aromatic amines is 1. The molecule has 0 spiro atoms. The van der Waals surface area contributed by atoms with Crippen LogP contribution in [0.25, 0.3) is 0 Å². The second-order valence-corrected chi connectivity index (χ2v) is 3.15. The Kier molecular flexibility index (Phi) is 5.07. The normalized spacial score (nSPS) is 10.0. The zero-order valence-electron chi connectivity index (χ0n) is 9.03. The van der Waals surface area contributed by atoms with Gasteiger partial charge in [0.15, 0.2) is 0 Å². The number of carbonyl (C=O) groups excluding carboxylic acids is 1. The molecule has 0 aromatic carbocycles. The molecule has 1 amide bonds. The van der Waals surface area contributed by atoms with E-state index in [0.29, 0.717) is 31.3 Å². The quantitative estimate of drug-likeness (QED) is 0.459. The molecule has 1 rings (SSSR count). The fraction of sp³-hybridized carbons (Fsp3) is 0.400. The molecule has 6 nitrogen and oxygen atoms in total. The Labute approximate surface area is 93.9 Å². The molecule has 16 heavy (non-hydrogen) atoms. The molecule has 0 aliphatic heterocycles.